The zero-order valence-corrected chi connectivity index (χ0v) is 13.2. The number of methoxy groups -OCH3 is 1. The summed E-state index contributed by atoms with van der Waals surface area (Å²) in [7, 11) is 1.20. The number of benzene rings is 1. The normalized spacial score (nSPS) is 10.0. The van der Waals surface area contributed by atoms with Gasteiger partial charge in [-0.25, -0.2) is 14.5 Å². The first-order chi connectivity index (χ1) is 10.9. The van der Waals surface area contributed by atoms with Gasteiger partial charge in [-0.1, -0.05) is 23.2 Å². The number of hydrogen-bond donors (Lipinski definition) is 1. The Morgan fingerprint density at radius 3 is 2.78 bits per heavy atom. The number of anilines is 1. The number of esters is 1. The van der Waals surface area contributed by atoms with Crippen molar-refractivity contribution in [2.45, 2.75) is 6.54 Å². The summed E-state index contributed by atoms with van der Waals surface area (Å²) in [5, 5.41) is 15.2. The van der Waals surface area contributed by atoms with Crippen LogP contribution >= 0.6 is 23.2 Å². The van der Waals surface area contributed by atoms with Gasteiger partial charge in [0.15, 0.2) is 0 Å². The highest BCUT2D eigenvalue weighted by molar-refractivity contribution is 6.37. The molecule has 2 aromatic rings. The minimum Gasteiger partial charge on any atom is -0.465 e. The van der Waals surface area contributed by atoms with E-state index in [0.29, 0.717) is 0 Å². The molecule has 2 rings (SSSR count). The van der Waals surface area contributed by atoms with Crippen LogP contribution in [0.25, 0.3) is 0 Å². The Bertz CT molecular complexity index is 812. The van der Waals surface area contributed by atoms with Crippen LogP contribution in [-0.2, 0) is 16.1 Å². The fraction of sp³-hybridized carbons (Fsp3) is 0.154. The zero-order chi connectivity index (χ0) is 17.0. The topological polar surface area (TPSA) is 110 Å². The largest absolute Gasteiger partial charge is 0.465 e. The van der Waals surface area contributed by atoms with Gasteiger partial charge in [-0.15, -0.1) is 5.10 Å². The lowest BCUT2D eigenvalue weighted by atomic mass is 10.1. The van der Waals surface area contributed by atoms with Gasteiger partial charge >= 0.3 is 5.97 Å². The summed E-state index contributed by atoms with van der Waals surface area (Å²) in [5.74, 6) is -1.27. The summed E-state index contributed by atoms with van der Waals surface area (Å²) in [6.07, 6.45) is 1.24. The van der Waals surface area contributed by atoms with E-state index < -0.39 is 11.9 Å². The van der Waals surface area contributed by atoms with Crippen molar-refractivity contribution < 1.29 is 14.3 Å². The van der Waals surface area contributed by atoms with Crippen LogP contribution in [0.4, 0.5) is 5.69 Å². The number of carbonyl (C=O) groups excluding carboxylic acids is 2. The van der Waals surface area contributed by atoms with Gasteiger partial charge in [0.2, 0.25) is 5.91 Å². The Kier molecular flexibility index (Phi) is 5.16. The summed E-state index contributed by atoms with van der Waals surface area (Å²) in [4.78, 5) is 27.5. The maximum Gasteiger partial charge on any atom is 0.340 e. The third-order valence-electron chi connectivity index (χ3n) is 2.67. The number of amides is 1. The first-order valence-electron chi connectivity index (χ1n) is 6.11. The van der Waals surface area contributed by atoms with E-state index in [-0.39, 0.29) is 33.7 Å². The monoisotopic (exact) mass is 353 g/mol. The molecule has 1 aromatic carbocycles. The Hall–Kier alpha value is -2.63. The Labute approximate surface area is 140 Å². The van der Waals surface area contributed by atoms with Crippen molar-refractivity contribution in [1.29, 1.82) is 5.26 Å². The predicted molar refractivity (Wildman–Crippen MR) is 81.2 cm³/mol. The Morgan fingerprint density at radius 2 is 2.17 bits per heavy atom. The van der Waals surface area contributed by atoms with Crippen LogP contribution < -0.4 is 5.32 Å². The van der Waals surface area contributed by atoms with E-state index in [0.717, 1.165) is 0 Å². The van der Waals surface area contributed by atoms with Gasteiger partial charge in [-0.2, -0.15) is 5.26 Å². The van der Waals surface area contributed by atoms with Crippen molar-refractivity contribution >= 4 is 40.8 Å². The number of nitrogens with one attached hydrogen (secondary N) is 1. The lowest BCUT2D eigenvalue weighted by molar-refractivity contribution is -0.116. The van der Waals surface area contributed by atoms with Crippen LogP contribution in [0.3, 0.4) is 0 Å². The molecule has 0 aliphatic heterocycles. The molecule has 1 N–H and O–H groups in total. The van der Waals surface area contributed by atoms with Crippen molar-refractivity contribution in [3.63, 3.8) is 0 Å². The van der Waals surface area contributed by atoms with Gasteiger partial charge in [0.05, 0.1) is 23.4 Å². The molecular formula is C13H9Cl2N5O3. The molecular weight excluding hydrogens is 345 g/mol. The van der Waals surface area contributed by atoms with E-state index in [2.05, 4.69) is 20.1 Å². The molecule has 0 saturated heterocycles. The van der Waals surface area contributed by atoms with E-state index in [4.69, 9.17) is 28.5 Å². The van der Waals surface area contributed by atoms with Crippen LogP contribution in [0.15, 0.2) is 18.5 Å². The summed E-state index contributed by atoms with van der Waals surface area (Å²) < 4.78 is 5.81. The van der Waals surface area contributed by atoms with Gasteiger partial charge in [0.25, 0.3) is 5.82 Å². The standard InChI is InChI=1S/C13H9Cl2N5O3/c1-23-13(22)8-2-7(14)3-9(15)12(8)18-11(21)5-20-6-17-10(4-16)19-20/h2-3,6H,5H2,1H3,(H,18,21). The van der Waals surface area contributed by atoms with Gasteiger partial charge in [0.1, 0.15) is 18.9 Å². The van der Waals surface area contributed by atoms with E-state index in [9.17, 15) is 9.59 Å². The molecule has 10 heteroatoms. The summed E-state index contributed by atoms with van der Waals surface area (Å²) in [5.41, 5.74) is 0.100. The van der Waals surface area contributed by atoms with Crippen LogP contribution in [0.1, 0.15) is 16.2 Å². The number of nitriles is 1. The molecule has 0 aliphatic rings. The molecule has 0 unspecified atom stereocenters. The molecule has 0 bridgehead atoms. The van der Waals surface area contributed by atoms with Crippen LogP contribution in [0, 0.1) is 11.3 Å². The molecule has 1 amide bonds. The SMILES string of the molecule is COC(=O)c1cc(Cl)cc(Cl)c1NC(=O)Cn1cnc(C#N)n1. The van der Waals surface area contributed by atoms with Gasteiger partial charge in [-0.3, -0.25) is 4.79 Å². The molecule has 0 atom stereocenters. The maximum atomic E-state index is 12.1. The third kappa shape index (κ3) is 3.97. The second kappa shape index (κ2) is 7.09. The third-order valence-corrected chi connectivity index (χ3v) is 3.18. The first kappa shape index (κ1) is 16.7. The predicted octanol–water partition coefficient (Wildman–Crippen LogP) is 1.88. The van der Waals surface area contributed by atoms with Crippen molar-refractivity contribution in [1.82, 2.24) is 14.8 Å². The molecule has 23 heavy (non-hydrogen) atoms. The fourth-order valence-electron chi connectivity index (χ4n) is 1.72. The number of nitrogens with zero attached hydrogens (tertiary/aromatic N) is 4. The minimum absolute atomic E-state index is 0.0228. The zero-order valence-electron chi connectivity index (χ0n) is 11.7. The molecule has 0 radical (unpaired) electrons. The van der Waals surface area contributed by atoms with Crippen molar-refractivity contribution in [2.24, 2.45) is 0 Å². The number of halogens is 2. The number of ether oxygens (including phenoxy) is 1. The van der Waals surface area contributed by atoms with Crippen molar-refractivity contribution in [2.75, 3.05) is 12.4 Å². The molecule has 0 aliphatic carbocycles. The van der Waals surface area contributed by atoms with Crippen LogP contribution in [0.2, 0.25) is 10.0 Å². The van der Waals surface area contributed by atoms with Gasteiger partial charge in [-0.05, 0) is 12.1 Å². The summed E-state index contributed by atoms with van der Waals surface area (Å²) in [6, 6.07) is 4.46. The summed E-state index contributed by atoms with van der Waals surface area (Å²) in [6.45, 7) is -0.214. The van der Waals surface area contributed by atoms with Crippen LogP contribution in [0.5, 0.6) is 0 Å². The molecule has 0 fully saturated rings. The van der Waals surface area contributed by atoms with E-state index >= 15 is 0 Å². The van der Waals surface area contributed by atoms with Crippen molar-refractivity contribution in [3.8, 4) is 6.07 Å². The molecule has 1 heterocycles. The molecule has 118 valence electrons. The number of aromatic nitrogens is 3. The number of rotatable bonds is 4. The molecule has 0 spiro atoms. The maximum absolute atomic E-state index is 12.1. The molecule has 8 nitrogen and oxygen atoms in total. The fourth-order valence-corrected chi connectivity index (χ4v) is 2.26. The number of hydrogen-bond acceptors (Lipinski definition) is 6. The second-order valence-corrected chi connectivity index (χ2v) is 5.07. The quantitative estimate of drug-likeness (QED) is 0.840. The van der Waals surface area contributed by atoms with E-state index in [1.807, 2.05) is 0 Å². The average molecular weight is 354 g/mol. The minimum atomic E-state index is -0.697. The van der Waals surface area contributed by atoms with Gasteiger partial charge < -0.3 is 10.1 Å². The van der Waals surface area contributed by atoms with Crippen molar-refractivity contribution in [3.05, 3.63) is 39.9 Å². The second-order valence-electron chi connectivity index (χ2n) is 4.23. The molecule has 1 aromatic heterocycles. The smallest absolute Gasteiger partial charge is 0.340 e. The Morgan fingerprint density at radius 1 is 1.43 bits per heavy atom. The van der Waals surface area contributed by atoms with E-state index in [1.165, 1.54) is 30.3 Å². The van der Waals surface area contributed by atoms with Gasteiger partial charge in [0, 0.05) is 5.02 Å². The Balaban J connectivity index is 2.23. The first-order valence-corrected chi connectivity index (χ1v) is 6.87. The van der Waals surface area contributed by atoms with E-state index in [1.54, 1.807) is 6.07 Å². The number of carbonyl (C=O) groups is 2. The lowest BCUT2D eigenvalue weighted by Gasteiger charge is -2.12. The van der Waals surface area contributed by atoms with Crippen LogP contribution in [-0.4, -0.2) is 33.8 Å². The lowest BCUT2D eigenvalue weighted by Crippen LogP contribution is -2.21. The highest BCUT2D eigenvalue weighted by atomic mass is 35.5. The molecule has 0 saturated carbocycles. The highest BCUT2D eigenvalue weighted by Gasteiger charge is 2.19. The highest BCUT2D eigenvalue weighted by Crippen LogP contribution is 2.30. The average Bonchev–Trinajstić information content (AvgIpc) is 2.96. The summed E-state index contributed by atoms with van der Waals surface area (Å²) >= 11 is 11.9.